The van der Waals surface area contributed by atoms with Crippen LogP contribution in [-0.4, -0.2) is 53.6 Å². The Bertz CT molecular complexity index is 956. The number of fused-ring (bicyclic) bond motifs is 1. The molecule has 1 fully saturated rings. The van der Waals surface area contributed by atoms with Crippen molar-refractivity contribution < 1.29 is 27.3 Å². The Kier molecular flexibility index (Phi) is 7.70. The Morgan fingerprint density at radius 1 is 1.17 bits per heavy atom. The van der Waals surface area contributed by atoms with E-state index in [1.165, 1.54) is 18.6 Å². The highest BCUT2D eigenvalue weighted by Gasteiger charge is 2.27. The normalized spacial score (nSPS) is 21.3. The lowest BCUT2D eigenvalue weighted by atomic mass is 9.97. The Morgan fingerprint density at radius 2 is 1.72 bits per heavy atom. The molecule has 0 saturated carbocycles. The van der Waals surface area contributed by atoms with Crippen LogP contribution in [0.5, 0.6) is 0 Å². The fourth-order valence-electron chi connectivity index (χ4n) is 3.58. The van der Waals surface area contributed by atoms with Gasteiger partial charge >= 0.3 is 0 Å². The predicted octanol–water partition coefficient (Wildman–Crippen LogP) is 2.32. The molecule has 0 bridgehead atoms. The van der Waals surface area contributed by atoms with Gasteiger partial charge in [-0.15, -0.1) is 0 Å². The van der Waals surface area contributed by atoms with Crippen LogP contribution in [-0.2, 0) is 14.9 Å². The molecule has 0 radical (unpaired) electrons. The smallest absolute Gasteiger partial charge is 0.295 e. The van der Waals surface area contributed by atoms with E-state index in [-0.39, 0.29) is 15.7 Å². The SMILES string of the molecule is C[C@@H]1CCC[C@H](C)N1C[C@@H](O)C(N)=O.O=S(=O)(O)c1ccc(F)c2ccccc12. The lowest BCUT2D eigenvalue weighted by Crippen LogP contribution is -2.49. The molecule has 3 rings (SSSR count). The van der Waals surface area contributed by atoms with E-state index in [0.29, 0.717) is 18.6 Å². The Labute approximate surface area is 170 Å². The Hall–Kier alpha value is -2.07. The van der Waals surface area contributed by atoms with E-state index >= 15 is 0 Å². The van der Waals surface area contributed by atoms with Gasteiger partial charge in [0.05, 0.1) is 0 Å². The third-order valence-corrected chi connectivity index (χ3v) is 6.11. The number of nitrogens with zero attached hydrogens (tertiary/aromatic N) is 1. The first kappa shape index (κ1) is 23.2. The quantitative estimate of drug-likeness (QED) is 0.645. The molecule has 0 aliphatic carbocycles. The summed E-state index contributed by atoms with van der Waals surface area (Å²) in [6.45, 7) is 4.63. The van der Waals surface area contributed by atoms with Crippen LogP contribution in [0.3, 0.4) is 0 Å². The number of β-amino-alcohol motifs (C(OH)–C–C–N with tert-alkyl or cyclic N) is 1. The van der Waals surface area contributed by atoms with Gasteiger partial charge in [0.1, 0.15) is 16.8 Å². The van der Waals surface area contributed by atoms with Gasteiger partial charge in [-0.1, -0.05) is 30.7 Å². The number of piperidine rings is 1. The van der Waals surface area contributed by atoms with Gasteiger partial charge in [0.15, 0.2) is 0 Å². The van der Waals surface area contributed by atoms with Crippen LogP contribution >= 0.6 is 0 Å². The number of primary amides is 1. The van der Waals surface area contributed by atoms with Gasteiger partial charge in [0.2, 0.25) is 5.91 Å². The van der Waals surface area contributed by atoms with Gasteiger partial charge in [-0.05, 0) is 38.8 Å². The maximum atomic E-state index is 13.3. The number of halogens is 1. The molecule has 0 unspecified atom stereocenters. The van der Waals surface area contributed by atoms with E-state index in [2.05, 4.69) is 18.7 Å². The fourth-order valence-corrected chi connectivity index (χ4v) is 4.28. The van der Waals surface area contributed by atoms with Crippen molar-refractivity contribution in [1.29, 1.82) is 0 Å². The number of rotatable bonds is 4. The van der Waals surface area contributed by atoms with E-state index in [0.717, 1.165) is 25.0 Å². The van der Waals surface area contributed by atoms with Crippen LogP contribution in [0.15, 0.2) is 41.3 Å². The lowest BCUT2D eigenvalue weighted by Gasteiger charge is -2.39. The standard InChI is InChI=1S/C10H7FO3S.C10H20N2O2/c11-9-5-6-10(15(12,13)14)8-4-2-1-3-7(8)9;1-7-4-3-5-8(2)12(7)6-9(13)10(11)14/h1-6H,(H,12,13,14);7-9,13H,3-6H2,1-2H3,(H2,11,14)/t;7-,8+,9-/m.1/s1. The summed E-state index contributed by atoms with van der Waals surface area (Å²) in [6, 6.07) is 9.02. The van der Waals surface area contributed by atoms with Gasteiger partial charge in [0, 0.05) is 29.4 Å². The zero-order valence-electron chi connectivity index (χ0n) is 16.5. The molecule has 0 spiro atoms. The zero-order valence-corrected chi connectivity index (χ0v) is 17.3. The molecular weight excluding hydrogens is 399 g/mol. The second-order valence-electron chi connectivity index (χ2n) is 7.31. The summed E-state index contributed by atoms with van der Waals surface area (Å²) in [4.78, 5) is 12.6. The molecule has 1 saturated heterocycles. The van der Waals surface area contributed by atoms with E-state index < -0.39 is 27.9 Å². The molecule has 3 atom stereocenters. The molecule has 7 nitrogen and oxygen atoms in total. The molecule has 2 aromatic rings. The molecule has 4 N–H and O–H groups in total. The Morgan fingerprint density at radius 3 is 2.24 bits per heavy atom. The first-order valence-electron chi connectivity index (χ1n) is 9.40. The summed E-state index contributed by atoms with van der Waals surface area (Å²) in [5.74, 6) is -1.15. The first-order valence-corrected chi connectivity index (χ1v) is 10.8. The molecule has 0 aromatic heterocycles. The van der Waals surface area contributed by atoms with Crippen molar-refractivity contribution in [2.75, 3.05) is 6.54 Å². The van der Waals surface area contributed by atoms with Crippen LogP contribution in [0.1, 0.15) is 33.1 Å². The number of likely N-dealkylation sites (tertiary alicyclic amines) is 1. The highest BCUT2D eigenvalue weighted by Crippen LogP contribution is 2.25. The summed E-state index contributed by atoms with van der Waals surface area (Å²) in [5.41, 5.74) is 5.03. The molecule has 1 aliphatic rings. The van der Waals surface area contributed by atoms with Gasteiger partial charge in [0.25, 0.3) is 10.1 Å². The van der Waals surface area contributed by atoms with Crippen molar-refractivity contribution in [3.05, 3.63) is 42.2 Å². The monoisotopic (exact) mass is 426 g/mol. The third-order valence-electron chi connectivity index (χ3n) is 5.20. The van der Waals surface area contributed by atoms with Gasteiger partial charge in [-0.25, -0.2) is 4.39 Å². The van der Waals surface area contributed by atoms with Crippen LogP contribution in [0.2, 0.25) is 0 Å². The second-order valence-corrected chi connectivity index (χ2v) is 8.70. The number of benzene rings is 2. The maximum Gasteiger partial charge on any atom is 0.295 e. The average Bonchev–Trinajstić information content (AvgIpc) is 2.64. The third kappa shape index (κ3) is 5.96. The highest BCUT2D eigenvalue weighted by molar-refractivity contribution is 7.86. The molecular formula is C20H27FN2O5S. The first-order chi connectivity index (χ1) is 13.5. The number of amides is 1. The van der Waals surface area contributed by atoms with Crippen molar-refractivity contribution in [2.45, 2.75) is 56.2 Å². The zero-order chi connectivity index (χ0) is 21.8. The molecule has 1 aliphatic heterocycles. The lowest BCUT2D eigenvalue weighted by molar-refractivity contribution is -0.127. The van der Waals surface area contributed by atoms with E-state index in [4.69, 9.17) is 10.3 Å². The largest absolute Gasteiger partial charge is 0.382 e. The Balaban J connectivity index is 0.000000208. The van der Waals surface area contributed by atoms with Crippen LogP contribution < -0.4 is 5.73 Å². The van der Waals surface area contributed by atoms with Crippen molar-refractivity contribution in [1.82, 2.24) is 4.90 Å². The van der Waals surface area contributed by atoms with Crippen molar-refractivity contribution in [3.63, 3.8) is 0 Å². The minimum Gasteiger partial charge on any atom is -0.382 e. The van der Waals surface area contributed by atoms with Crippen molar-refractivity contribution in [2.24, 2.45) is 5.73 Å². The molecule has 29 heavy (non-hydrogen) atoms. The minimum atomic E-state index is -4.31. The average molecular weight is 427 g/mol. The van der Waals surface area contributed by atoms with E-state index in [1.54, 1.807) is 12.1 Å². The van der Waals surface area contributed by atoms with Crippen LogP contribution in [0, 0.1) is 5.82 Å². The fraction of sp³-hybridized carbons (Fsp3) is 0.450. The number of carbonyl (C=O) groups is 1. The summed E-state index contributed by atoms with van der Waals surface area (Å²) in [7, 11) is -4.31. The summed E-state index contributed by atoms with van der Waals surface area (Å²) in [5, 5.41) is 9.75. The molecule has 2 aromatic carbocycles. The van der Waals surface area contributed by atoms with E-state index in [9.17, 15) is 22.7 Å². The summed E-state index contributed by atoms with van der Waals surface area (Å²) >= 11 is 0. The topological polar surface area (TPSA) is 121 Å². The van der Waals surface area contributed by atoms with Gasteiger partial charge < -0.3 is 10.8 Å². The second kappa shape index (κ2) is 9.62. The molecule has 160 valence electrons. The molecule has 9 heteroatoms. The molecule has 1 amide bonds. The summed E-state index contributed by atoms with van der Waals surface area (Å²) in [6.07, 6.45) is 2.47. The summed E-state index contributed by atoms with van der Waals surface area (Å²) < 4.78 is 44.2. The highest BCUT2D eigenvalue weighted by atomic mass is 32.2. The van der Waals surface area contributed by atoms with E-state index in [1.807, 2.05) is 0 Å². The van der Waals surface area contributed by atoms with Crippen molar-refractivity contribution in [3.8, 4) is 0 Å². The van der Waals surface area contributed by atoms with Gasteiger partial charge in [-0.2, -0.15) is 8.42 Å². The number of hydrogen-bond acceptors (Lipinski definition) is 5. The number of aliphatic hydroxyl groups is 1. The van der Waals surface area contributed by atoms with Gasteiger partial charge in [-0.3, -0.25) is 14.2 Å². The van der Waals surface area contributed by atoms with Crippen LogP contribution in [0.25, 0.3) is 10.8 Å². The van der Waals surface area contributed by atoms with Crippen molar-refractivity contribution >= 4 is 26.8 Å². The maximum absolute atomic E-state index is 13.3. The number of carbonyl (C=O) groups excluding carboxylic acids is 1. The predicted molar refractivity (Wildman–Crippen MR) is 108 cm³/mol. The number of nitrogens with two attached hydrogens (primary N) is 1. The number of aliphatic hydroxyl groups excluding tert-OH is 1. The molecule has 1 heterocycles. The minimum absolute atomic E-state index is 0.174. The van der Waals surface area contributed by atoms with Crippen LogP contribution in [0.4, 0.5) is 4.39 Å². The number of hydrogen-bond donors (Lipinski definition) is 3.